The van der Waals surface area contributed by atoms with Crippen molar-refractivity contribution in [2.45, 2.75) is 59.9 Å². The molecule has 0 aliphatic carbocycles. The number of carbonyl (C=O) groups is 1. The number of amides is 1. The first kappa shape index (κ1) is 39.3. The van der Waals surface area contributed by atoms with Gasteiger partial charge in [0.1, 0.15) is 0 Å². The lowest BCUT2D eigenvalue weighted by atomic mass is 9.92. The highest BCUT2D eigenvalue weighted by Crippen LogP contribution is 2.16. The van der Waals surface area contributed by atoms with Gasteiger partial charge in [-0.3, -0.25) is 4.79 Å². The SMILES string of the molecule is CC(C)c1cn(CCOCCOCCOCCOCCOCCOCCOCCOCCC(=O)NCCC(C)(C)C)nn1. The van der Waals surface area contributed by atoms with Gasteiger partial charge in [-0.15, -0.1) is 5.10 Å². The quantitative estimate of drug-likeness (QED) is 0.128. The Morgan fingerprint density at radius 3 is 1.47 bits per heavy atom. The third-order valence-corrected chi connectivity index (χ3v) is 5.89. The summed E-state index contributed by atoms with van der Waals surface area (Å²) >= 11 is 0. The van der Waals surface area contributed by atoms with E-state index < -0.39 is 0 Å². The summed E-state index contributed by atoms with van der Waals surface area (Å²) in [4.78, 5) is 11.7. The maximum atomic E-state index is 11.7. The number of aromatic nitrogens is 3. The number of ether oxygens (including phenoxy) is 8. The van der Waals surface area contributed by atoms with E-state index in [1.165, 1.54) is 0 Å². The highest BCUT2D eigenvalue weighted by atomic mass is 16.6. The van der Waals surface area contributed by atoms with E-state index in [1.807, 2.05) is 6.20 Å². The highest BCUT2D eigenvalue weighted by Gasteiger charge is 2.10. The van der Waals surface area contributed by atoms with Crippen LogP contribution in [0.2, 0.25) is 0 Å². The molecule has 1 amide bonds. The van der Waals surface area contributed by atoms with Gasteiger partial charge in [0.2, 0.25) is 5.91 Å². The van der Waals surface area contributed by atoms with Gasteiger partial charge in [-0.25, -0.2) is 4.68 Å². The van der Waals surface area contributed by atoms with Gasteiger partial charge in [-0.2, -0.15) is 0 Å². The number of hydrogen-bond donors (Lipinski definition) is 1. The molecule has 1 N–H and O–H groups in total. The molecule has 1 rings (SSSR count). The predicted molar refractivity (Wildman–Crippen MR) is 162 cm³/mol. The Balaban J connectivity index is 1.68. The molecular weight excluding hydrogens is 560 g/mol. The second-order valence-corrected chi connectivity index (χ2v) is 11.4. The molecule has 0 bridgehead atoms. The van der Waals surface area contributed by atoms with Crippen molar-refractivity contribution >= 4 is 5.91 Å². The standard InChI is InChI=1S/C30H58N4O9/c1-27(2)28-26-34(33-32-28)9-11-37-13-15-39-17-19-41-21-23-43-25-24-42-22-20-40-18-16-38-14-12-36-10-6-29(35)31-8-7-30(3,4)5/h26-27H,6-25H2,1-5H3,(H,31,35). The summed E-state index contributed by atoms with van der Waals surface area (Å²) in [5, 5.41) is 11.1. The third kappa shape index (κ3) is 26.4. The zero-order chi connectivity index (χ0) is 31.4. The van der Waals surface area contributed by atoms with Crippen LogP contribution in [0.3, 0.4) is 0 Å². The van der Waals surface area contributed by atoms with Gasteiger partial charge in [0.15, 0.2) is 0 Å². The van der Waals surface area contributed by atoms with Crippen LogP contribution in [0.15, 0.2) is 6.20 Å². The first-order chi connectivity index (χ1) is 20.8. The molecular formula is C30H58N4O9. The normalized spacial score (nSPS) is 12.0. The molecule has 1 heterocycles. The van der Waals surface area contributed by atoms with Gasteiger partial charge in [0.05, 0.1) is 118 Å². The molecule has 0 radical (unpaired) electrons. The first-order valence-corrected chi connectivity index (χ1v) is 15.6. The Morgan fingerprint density at radius 2 is 1.09 bits per heavy atom. The molecule has 0 unspecified atom stereocenters. The number of hydrogen-bond acceptors (Lipinski definition) is 11. The molecule has 1 aromatic rings. The Kier molecular flexibility index (Phi) is 24.4. The number of nitrogens with one attached hydrogen (secondary N) is 1. The van der Waals surface area contributed by atoms with Gasteiger partial charge in [-0.05, 0) is 17.8 Å². The molecule has 0 aromatic carbocycles. The minimum Gasteiger partial charge on any atom is -0.379 e. The average molecular weight is 619 g/mol. The minimum absolute atomic E-state index is 0.0217. The average Bonchev–Trinajstić information content (AvgIpc) is 3.44. The lowest BCUT2D eigenvalue weighted by molar-refractivity contribution is -0.122. The van der Waals surface area contributed by atoms with Crippen LogP contribution < -0.4 is 5.32 Å². The third-order valence-electron chi connectivity index (χ3n) is 5.89. The number of rotatable bonds is 30. The highest BCUT2D eigenvalue weighted by molar-refractivity contribution is 5.75. The topological polar surface area (TPSA) is 134 Å². The van der Waals surface area contributed by atoms with E-state index in [2.05, 4.69) is 50.2 Å². The van der Waals surface area contributed by atoms with Crippen LogP contribution in [0.1, 0.15) is 59.1 Å². The van der Waals surface area contributed by atoms with Crippen molar-refractivity contribution in [2.75, 3.05) is 112 Å². The molecule has 0 fully saturated rings. The van der Waals surface area contributed by atoms with E-state index in [4.69, 9.17) is 37.9 Å². The summed E-state index contributed by atoms with van der Waals surface area (Å²) in [5.74, 6) is 0.397. The fourth-order valence-corrected chi connectivity index (χ4v) is 3.32. The van der Waals surface area contributed by atoms with Crippen molar-refractivity contribution in [2.24, 2.45) is 5.41 Å². The molecule has 0 aliphatic rings. The second kappa shape index (κ2) is 26.7. The summed E-state index contributed by atoms with van der Waals surface area (Å²) in [6.45, 7) is 20.0. The summed E-state index contributed by atoms with van der Waals surface area (Å²) < 4.78 is 45.7. The van der Waals surface area contributed by atoms with Crippen molar-refractivity contribution in [1.29, 1.82) is 0 Å². The van der Waals surface area contributed by atoms with Crippen molar-refractivity contribution in [3.8, 4) is 0 Å². The van der Waals surface area contributed by atoms with Crippen LogP contribution in [-0.2, 0) is 49.2 Å². The maximum absolute atomic E-state index is 11.7. The molecule has 1 aromatic heterocycles. The van der Waals surface area contributed by atoms with Gasteiger partial charge in [0.25, 0.3) is 0 Å². The van der Waals surface area contributed by atoms with Crippen molar-refractivity contribution < 1.29 is 42.7 Å². The molecule has 13 heteroatoms. The van der Waals surface area contributed by atoms with Gasteiger partial charge < -0.3 is 43.2 Å². The Morgan fingerprint density at radius 1 is 0.698 bits per heavy atom. The van der Waals surface area contributed by atoms with Gasteiger partial charge in [0, 0.05) is 19.2 Å². The van der Waals surface area contributed by atoms with Crippen LogP contribution in [0.25, 0.3) is 0 Å². The van der Waals surface area contributed by atoms with E-state index >= 15 is 0 Å². The Labute approximate surface area is 258 Å². The summed E-state index contributed by atoms with van der Waals surface area (Å²) in [6.07, 6.45) is 3.28. The monoisotopic (exact) mass is 618 g/mol. The number of carbonyl (C=O) groups excluding carboxylic acids is 1. The zero-order valence-corrected chi connectivity index (χ0v) is 27.3. The molecule has 252 valence electrons. The predicted octanol–water partition coefficient (Wildman–Crippen LogP) is 2.48. The fourth-order valence-electron chi connectivity index (χ4n) is 3.32. The Hall–Kier alpha value is -1.71. The summed E-state index contributed by atoms with van der Waals surface area (Å²) in [5.41, 5.74) is 1.21. The molecule has 43 heavy (non-hydrogen) atoms. The molecule has 13 nitrogen and oxygen atoms in total. The lowest BCUT2D eigenvalue weighted by Crippen LogP contribution is -2.28. The van der Waals surface area contributed by atoms with Crippen LogP contribution in [-0.4, -0.2) is 133 Å². The van der Waals surface area contributed by atoms with Crippen molar-refractivity contribution in [1.82, 2.24) is 20.3 Å². The molecule has 0 atom stereocenters. The van der Waals surface area contributed by atoms with Crippen LogP contribution >= 0.6 is 0 Å². The second-order valence-electron chi connectivity index (χ2n) is 11.4. The van der Waals surface area contributed by atoms with E-state index in [0.717, 1.165) is 12.1 Å². The Bertz CT molecular complexity index is 775. The van der Waals surface area contributed by atoms with Crippen molar-refractivity contribution in [3.63, 3.8) is 0 Å². The van der Waals surface area contributed by atoms with Gasteiger partial charge >= 0.3 is 0 Å². The number of nitrogens with zero attached hydrogens (tertiary/aromatic N) is 3. The van der Waals surface area contributed by atoms with E-state index in [9.17, 15) is 4.79 Å². The smallest absolute Gasteiger partial charge is 0.222 e. The maximum Gasteiger partial charge on any atom is 0.222 e. The largest absolute Gasteiger partial charge is 0.379 e. The minimum atomic E-state index is 0.0217. The fraction of sp³-hybridized carbons (Fsp3) is 0.900. The van der Waals surface area contributed by atoms with E-state index in [0.29, 0.717) is 131 Å². The van der Waals surface area contributed by atoms with Crippen molar-refractivity contribution in [3.05, 3.63) is 11.9 Å². The van der Waals surface area contributed by atoms with Crippen LogP contribution in [0, 0.1) is 5.41 Å². The molecule has 0 aliphatic heterocycles. The summed E-state index contributed by atoms with van der Waals surface area (Å²) in [7, 11) is 0. The van der Waals surface area contributed by atoms with E-state index in [1.54, 1.807) is 4.68 Å². The molecule has 0 spiro atoms. The van der Waals surface area contributed by atoms with Crippen LogP contribution in [0.4, 0.5) is 0 Å². The summed E-state index contributed by atoms with van der Waals surface area (Å²) in [6, 6.07) is 0. The molecule has 0 saturated carbocycles. The molecule has 0 saturated heterocycles. The van der Waals surface area contributed by atoms with Crippen LogP contribution in [0.5, 0.6) is 0 Å². The first-order valence-electron chi connectivity index (χ1n) is 15.6. The lowest BCUT2D eigenvalue weighted by Gasteiger charge is -2.17. The zero-order valence-electron chi connectivity index (χ0n) is 27.3. The van der Waals surface area contributed by atoms with E-state index in [-0.39, 0.29) is 11.3 Å². The van der Waals surface area contributed by atoms with Gasteiger partial charge in [-0.1, -0.05) is 39.8 Å².